The van der Waals surface area contributed by atoms with Crippen molar-refractivity contribution in [1.82, 2.24) is 14.8 Å². The maximum Gasteiger partial charge on any atom is 0.406 e. The molecule has 0 bridgehead atoms. The zero-order chi connectivity index (χ0) is 21.6. The van der Waals surface area contributed by atoms with Gasteiger partial charge in [0.05, 0.1) is 6.54 Å². The number of hydrogen-bond acceptors (Lipinski definition) is 3. The number of nitrogens with one attached hydrogen (secondary N) is 1. The number of alkyl halides is 3. The standard InChI is InChI=1S/C20H20F3N3O3/c1-12-9-15(13(2)26(12)11-20(21,22)23)16(27)10-25-17(28)19(3,24-18(25)29)14-7-5-4-6-8-14/h4-9H,10-11H2,1-3H3,(H,24,29)/t19-/m1/s1. The second-order valence-electron chi connectivity index (χ2n) is 7.22. The Kier molecular flexibility index (Phi) is 5.02. The Morgan fingerprint density at radius 3 is 2.34 bits per heavy atom. The molecule has 1 aliphatic heterocycles. The van der Waals surface area contributed by atoms with Gasteiger partial charge in [-0.15, -0.1) is 0 Å². The molecule has 0 radical (unpaired) electrons. The number of aryl methyl sites for hydroxylation is 1. The van der Waals surface area contributed by atoms with Crippen molar-refractivity contribution in [2.24, 2.45) is 0 Å². The highest BCUT2D eigenvalue weighted by molar-refractivity contribution is 6.11. The van der Waals surface area contributed by atoms with Gasteiger partial charge >= 0.3 is 12.2 Å². The summed E-state index contributed by atoms with van der Waals surface area (Å²) in [4.78, 5) is 38.8. The molecular formula is C20H20F3N3O3. The van der Waals surface area contributed by atoms with Crippen molar-refractivity contribution < 1.29 is 27.6 Å². The smallest absolute Gasteiger partial charge is 0.339 e. The van der Waals surface area contributed by atoms with Gasteiger partial charge in [0.15, 0.2) is 5.78 Å². The van der Waals surface area contributed by atoms with Crippen LogP contribution in [0.5, 0.6) is 0 Å². The highest BCUT2D eigenvalue weighted by Gasteiger charge is 2.49. The van der Waals surface area contributed by atoms with Crippen molar-refractivity contribution in [3.05, 3.63) is 58.9 Å². The summed E-state index contributed by atoms with van der Waals surface area (Å²) in [7, 11) is 0. The topological polar surface area (TPSA) is 71.4 Å². The number of rotatable bonds is 5. The predicted octanol–water partition coefficient (Wildman–Crippen LogP) is 3.32. The van der Waals surface area contributed by atoms with Gasteiger partial charge in [0, 0.05) is 17.0 Å². The number of carbonyl (C=O) groups excluding carboxylic acids is 3. The van der Waals surface area contributed by atoms with Crippen molar-refractivity contribution in [2.45, 2.75) is 39.0 Å². The molecule has 0 unspecified atom stereocenters. The zero-order valence-electron chi connectivity index (χ0n) is 16.1. The van der Waals surface area contributed by atoms with Crippen LogP contribution in [0.15, 0.2) is 36.4 Å². The van der Waals surface area contributed by atoms with Crippen molar-refractivity contribution in [3.8, 4) is 0 Å². The van der Waals surface area contributed by atoms with Crippen LogP contribution in [-0.2, 0) is 16.9 Å². The number of Topliss-reactive ketones (excluding diaryl/α,β-unsaturated/α-hetero) is 1. The monoisotopic (exact) mass is 407 g/mol. The summed E-state index contributed by atoms with van der Waals surface area (Å²) in [6.07, 6.45) is -4.43. The lowest BCUT2D eigenvalue weighted by Crippen LogP contribution is -2.41. The van der Waals surface area contributed by atoms with E-state index in [4.69, 9.17) is 0 Å². The average Bonchev–Trinajstić information content (AvgIpc) is 3.04. The van der Waals surface area contributed by atoms with Crippen LogP contribution in [0.4, 0.5) is 18.0 Å². The molecule has 1 atom stereocenters. The molecule has 0 aliphatic carbocycles. The molecule has 1 aromatic carbocycles. The predicted molar refractivity (Wildman–Crippen MR) is 98.3 cm³/mol. The number of hydrogen-bond donors (Lipinski definition) is 1. The maximum atomic E-state index is 12.9. The minimum atomic E-state index is -4.43. The fourth-order valence-electron chi connectivity index (χ4n) is 3.54. The Morgan fingerprint density at radius 1 is 1.14 bits per heavy atom. The lowest BCUT2D eigenvalue weighted by molar-refractivity contribution is -0.141. The Balaban J connectivity index is 1.84. The first-order chi connectivity index (χ1) is 13.4. The minimum absolute atomic E-state index is 0.0562. The third-order valence-corrected chi connectivity index (χ3v) is 5.14. The first kappa shape index (κ1) is 20.6. The number of amides is 3. The number of aromatic nitrogens is 1. The normalized spacial score (nSPS) is 19.6. The van der Waals surface area contributed by atoms with Gasteiger partial charge in [0.1, 0.15) is 12.1 Å². The molecule has 1 aromatic heterocycles. The van der Waals surface area contributed by atoms with E-state index in [1.165, 1.54) is 19.9 Å². The van der Waals surface area contributed by atoms with Crippen molar-refractivity contribution in [3.63, 3.8) is 0 Å². The van der Waals surface area contributed by atoms with E-state index in [0.29, 0.717) is 5.56 Å². The Morgan fingerprint density at radius 2 is 1.76 bits per heavy atom. The van der Waals surface area contributed by atoms with E-state index < -0.39 is 42.5 Å². The quantitative estimate of drug-likeness (QED) is 0.611. The summed E-state index contributed by atoms with van der Waals surface area (Å²) < 4.78 is 39.3. The molecular weight excluding hydrogens is 387 g/mol. The second-order valence-corrected chi connectivity index (χ2v) is 7.22. The number of benzene rings is 1. The van der Waals surface area contributed by atoms with Crippen LogP contribution in [0.1, 0.15) is 34.2 Å². The van der Waals surface area contributed by atoms with Gasteiger partial charge in [-0.2, -0.15) is 13.2 Å². The summed E-state index contributed by atoms with van der Waals surface area (Å²) >= 11 is 0. The first-order valence-corrected chi connectivity index (χ1v) is 8.90. The first-order valence-electron chi connectivity index (χ1n) is 8.90. The van der Waals surface area contributed by atoms with E-state index in [9.17, 15) is 27.6 Å². The highest BCUT2D eigenvalue weighted by Crippen LogP contribution is 2.29. The molecule has 9 heteroatoms. The van der Waals surface area contributed by atoms with Gasteiger partial charge in [-0.25, -0.2) is 4.79 Å². The van der Waals surface area contributed by atoms with E-state index in [1.54, 1.807) is 37.3 Å². The molecule has 2 aromatic rings. The summed E-state index contributed by atoms with van der Waals surface area (Å²) in [5, 5.41) is 2.60. The van der Waals surface area contributed by atoms with Crippen LogP contribution in [0, 0.1) is 13.8 Å². The third-order valence-electron chi connectivity index (χ3n) is 5.14. The second kappa shape index (κ2) is 7.06. The number of carbonyl (C=O) groups is 3. The highest BCUT2D eigenvalue weighted by atomic mass is 19.4. The molecule has 3 amide bonds. The van der Waals surface area contributed by atoms with Crippen molar-refractivity contribution in [1.29, 1.82) is 0 Å². The molecule has 1 saturated heterocycles. The van der Waals surface area contributed by atoms with E-state index in [1.807, 2.05) is 0 Å². The van der Waals surface area contributed by atoms with E-state index in [-0.39, 0.29) is 17.0 Å². The summed E-state index contributed by atoms with van der Waals surface area (Å²) in [5.74, 6) is -1.20. The average molecular weight is 407 g/mol. The summed E-state index contributed by atoms with van der Waals surface area (Å²) in [6, 6.07) is 9.22. The molecule has 1 fully saturated rings. The van der Waals surface area contributed by atoms with Crippen LogP contribution in [-0.4, -0.2) is 39.9 Å². The minimum Gasteiger partial charge on any atom is -0.339 e. The molecule has 154 valence electrons. The van der Waals surface area contributed by atoms with Gasteiger partial charge in [-0.3, -0.25) is 14.5 Å². The largest absolute Gasteiger partial charge is 0.406 e. The fraction of sp³-hybridized carbons (Fsp3) is 0.350. The van der Waals surface area contributed by atoms with Gasteiger partial charge in [-0.1, -0.05) is 30.3 Å². The molecule has 0 spiro atoms. The number of halogens is 3. The van der Waals surface area contributed by atoms with Crippen LogP contribution in [0.3, 0.4) is 0 Å². The number of urea groups is 1. The van der Waals surface area contributed by atoms with E-state index in [2.05, 4.69) is 5.32 Å². The molecule has 1 aliphatic rings. The van der Waals surface area contributed by atoms with Crippen LogP contribution >= 0.6 is 0 Å². The van der Waals surface area contributed by atoms with Gasteiger partial charge in [0.25, 0.3) is 5.91 Å². The Labute approximate surface area is 165 Å². The number of nitrogens with zero attached hydrogens (tertiary/aromatic N) is 2. The molecule has 6 nitrogen and oxygen atoms in total. The molecule has 3 rings (SSSR count). The van der Waals surface area contributed by atoms with Crippen molar-refractivity contribution in [2.75, 3.05) is 6.54 Å². The molecule has 1 N–H and O–H groups in total. The Bertz CT molecular complexity index is 982. The molecule has 2 heterocycles. The fourth-order valence-corrected chi connectivity index (χ4v) is 3.54. The number of imide groups is 1. The van der Waals surface area contributed by atoms with Crippen LogP contribution in [0.25, 0.3) is 0 Å². The third kappa shape index (κ3) is 3.76. The molecule has 0 saturated carbocycles. The van der Waals surface area contributed by atoms with Crippen LogP contribution < -0.4 is 5.32 Å². The van der Waals surface area contributed by atoms with Crippen LogP contribution in [0.2, 0.25) is 0 Å². The lowest BCUT2D eigenvalue weighted by Gasteiger charge is -2.22. The van der Waals surface area contributed by atoms with E-state index in [0.717, 1.165) is 9.47 Å². The van der Waals surface area contributed by atoms with Crippen molar-refractivity contribution >= 4 is 17.7 Å². The van der Waals surface area contributed by atoms with Gasteiger partial charge < -0.3 is 9.88 Å². The Hall–Kier alpha value is -3.10. The SMILES string of the molecule is Cc1cc(C(=O)CN2C(=O)N[C@](C)(c3ccccc3)C2=O)c(C)n1CC(F)(F)F. The van der Waals surface area contributed by atoms with Gasteiger partial charge in [0.2, 0.25) is 0 Å². The maximum absolute atomic E-state index is 12.9. The zero-order valence-corrected chi connectivity index (χ0v) is 16.1. The molecule has 29 heavy (non-hydrogen) atoms. The summed E-state index contributed by atoms with van der Waals surface area (Å²) in [5.41, 5.74) is -0.277. The number of ketones is 1. The van der Waals surface area contributed by atoms with Gasteiger partial charge in [-0.05, 0) is 32.4 Å². The van der Waals surface area contributed by atoms with E-state index >= 15 is 0 Å². The lowest BCUT2D eigenvalue weighted by atomic mass is 9.92. The summed E-state index contributed by atoms with van der Waals surface area (Å²) in [6.45, 7) is 2.65.